The van der Waals surface area contributed by atoms with Crippen molar-refractivity contribution in [1.29, 1.82) is 0 Å². The van der Waals surface area contributed by atoms with Gasteiger partial charge in [0.2, 0.25) is 0 Å². The van der Waals surface area contributed by atoms with Gasteiger partial charge >= 0.3 is 0 Å². The maximum Gasteiger partial charge on any atom is 0.262 e. The number of nitrogens with one attached hydrogen (secondary N) is 1. The normalized spacial score (nSPS) is 18.1. The molecule has 25 heavy (non-hydrogen) atoms. The summed E-state index contributed by atoms with van der Waals surface area (Å²) in [5, 5.41) is 3.88. The third-order valence-electron chi connectivity index (χ3n) is 4.72. The molecule has 1 fully saturated rings. The summed E-state index contributed by atoms with van der Waals surface area (Å²) >= 11 is 6.30. The van der Waals surface area contributed by atoms with E-state index in [1.807, 2.05) is 12.1 Å². The minimum atomic E-state index is -0.184. The number of halogens is 1. The van der Waals surface area contributed by atoms with Crippen LogP contribution < -0.4 is 16.0 Å². The third-order valence-corrected chi connectivity index (χ3v) is 5.03. The largest absolute Gasteiger partial charge is 0.398 e. The molecular formula is C19H23ClN4O. The Balaban J connectivity index is 2.06. The number of amides is 1. The highest BCUT2D eigenvalue weighted by molar-refractivity contribution is 6.35. The second-order valence-electron chi connectivity index (χ2n) is 6.27. The minimum Gasteiger partial charge on any atom is -0.398 e. The minimum absolute atomic E-state index is 0.00914. The van der Waals surface area contributed by atoms with Gasteiger partial charge in [-0.3, -0.25) is 9.78 Å². The Bertz CT molecular complexity index is 711. The summed E-state index contributed by atoms with van der Waals surface area (Å²) in [4.78, 5) is 19.4. The number of nitrogens with two attached hydrogens (primary N) is 1. The van der Waals surface area contributed by atoms with Gasteiger partial charge in [0.25, 0.3) is 5.91 Å². The van der Waals surface area contributed by atoms with Crippen LogP contribution in [-0.2, 0) is 0 Å². The van der Waals surface area contributed by atoms with Crippen molar-refractivity contribution < 1.29 is 4.79 Å². The van der Waals surface area contributed by atoms with Gasteiger partial charge in [-0.1, -0.05) is 24.6 Å². The fourth-order valence-corrected chi connectivity index (χ4v) is 3.79. The second-order valence-corrected chi connectivity index (χ2v) is 6.68. The van der Waals surface area contributed by atoms with E-state index >= 15 is 0 Å². The number of pyridine rings is 1. The second kappa shape index (κ2) is 7.85. The fourth-order valence-electron chi connectivity index (χ4n) is 3.53. The van der Waals surface area contributed by atoms with Gasteiger partial charge in [0.05, 0.1) is 28.5 Å². The molecule has 1 aliphatic rings. The first-order valence-corrected chi connectivity index (χ1v) is 9.02. The van der Waals surface area contributed by atoms with Crippen LogP contribution in [0.15, 0.2) is 42.7 Å². The number of hydrogen-bond acceptors (Lipinski definition) is 4. The topological polar surface area (TPSA) is 71.2 Å². The first kappa shape index (κ1) is 17.7. The van der Waals surface area contributed by atoms with E-state index in [0.29, 0.717) is 16.3 Å². The van der Waals surface area contributed by atoms with E-state index in [1.165, 1.54) is 0 Å². The number of carbonyl (C=O) groups excluding carboxylic acids is 1. The van der Waals surface area contributed by atoms with Gasteiger partial charge in [0.15, 0.2) is 0 Å². The number of anilines is 2. The zero-order chi connectivity index (χ0) is 17.8. The predicted molar refractivity (Wildman–Crippen MR) is 102 cm³/mol. The number of nitrogens with zero attached hydrogens (tertiary/aromatic N) is 2. The molecule has 1 amide bonds. The average Bonchev–Trinajstić information content (AvgIpc) is 3.14. The molecule has 2 aromatic rings. The standard InChI is InChI=1S/C19H23ClN4O/c1-2-17(16-9-5-11-23-16)24(13-6-4-10-22-12-13)19(25)18-14(20)7-3-8-15(18)21/h3-4,6-8,10,12,16-17,23H,2,5,9,11,21H2,1H3. The molecule has 1 aromatic carbocycles. The van der Waals surface area contributed by atoms with Crippen LogP contribution in [0.1, 0.15) is 36.5 Å². The Morgan fingerprint density at radius 1 is 1.44 bits per heavy atom. The van der Waals surface area contributed by atoms with Gasteiger partial charge in [0, 0.05) is 17.9 Å². The zero-order valence-corrected chi connectivity index (χ0v) is 15.0. The molecule has 1 aliphatic heterocycles. The van der Waals surface area contributed by atoms with Crippen LogP contribution in [-0.4, -0.2) is 29.5 Å². The van der Waals surface area contributed by atoms with E-state index in [0.717, 1.165) is 31.5 Å². The van der Waals surface area contributed by atoms with Gasteiger partial charge in [-0.05, 0) is 50.1 Å². The smallest absolute Gasteiger partial charge is 0.262 e. The van der Waals surface area contributed by atoms with Crippen LogP contribution in [0.2, 0.25) is 5.02 Å². The van der Waals surface area contributed by atoms with Crippen LogP contribution in [0.4, 0.5) is 11.4 Å². The molecule has 0 aliphatic carbocycles. The van der Waals surface area contributed by atoms with E-state index in [9.17, 15) is 4.79 Å². The van der Waals surface area contributed by atoms with Crippen LogP contribution in [0.3, 0.4) is 0 Å². The molecule has 0 bridgehead atoms. The summed E-state index contributed by atoms with van der Waals surface area (Å²) in [7, 11) is 0. The molecule has 1 aromatic heterocycles. The van der Waals surface area contributed by atoms with Crippen LogP contribution in [0.5, 0.6) is 0 Å². The Morgan fingerprint density at radius 2 is 2.28 bits per heavy atom. The highest BCUT2D eigenvalue weighted by Gasteiger charge is 2.34. The molecule has 3 rings (SSSR count). The van der Waals surface area contributed by atoms with Gasteiger partial charge < -0.3 is 16.0 Å². The van der Waals surface area contributed by atoms with Gasteiger partial charge in [-0.25, -0.2) is 0 Å². The summed E-state index contributed by atoms with van der Waals surface area (Å²) < 4.78 is 0. The van der Waals surface area contributed by atoms with E-state index in [2.05, 4.69) is 17.2 Å². The predicted octanol–water partition coefficient (Wildman–Crippen LogP) is 3.49. The molecule has 6 heteroatoms. The Labute approximate surface area is 153 Å². The van der Waals surface area contributed by atoms with Gasteiger partial charge in [0.1, 0.15) is 0 Å². The SMILES string of the molecule is CCC(C1CCCN1)N(C(=O)c1c(N)cccc1Cl)c1cccnc1. The van der Waals surface area contributed by atoms with E-state index < -0.39 is 0 Å². The maximum absolute atomic E-state index is 13.4. The average molecular weight is 359 g/mol. The fraction of sp³-hybridized carbons (Fsp3) is 0.368. The lowest BCUT2D eigenvalue weighted by molar-refractivity contribution is 0.0971. The first-order valence-electron chi connectivity index (χ1n) is 8.64. The molecule has 2 atom stereocenters. The van der Waals surface area contributed by atoms with Gasteiger partial charge in [-0.2, -0.15) is 0 Å². The number of rotatable bonds is 5. The summed E-state index contributed by atoms with van der Waals surface area (Å²) in [6.07, 6.45) is 6.39. The number of carbonyl (C=O) groups is 1. The molecular weight excluding hydrogens is 336 g/mol. The highest BCUT2D eigenvalue weighted by Crippen LogP contribution is 2.30. The number of hydrogen-bond donors (Lipinski definition) is 2. The zero-order valence-electron chi connectivity index (χ0n) is 14.3. The monoisotopic (exact) mass is 358 g/mol. The van der Waals surface area contributed by atoms with Crippen molar-refractivity contribution in [2.75, 3.05) is 17.2 Å². The number of aromatic nitrogens is 1. The molecule has 2 heterocycles. The quantitative estimate of drug-likeness (QED) is 0.802. The molecule has 132 valence electrons. The maximum atomic E-state index is 13.4. The van der Waals surface area contributed by atoms with Crippen molar-refractivity contribution in [2.24, 2.45) is 0 Å². The van der Waals surface area contributed by atoms with Crippen LogP contribution in [0, 0.1) is 0 Å². The van der Waals surface area contributed by atoms with Crippen molar-refractivity contribution in [3.05, 3.63) is 53.3 Å². The number of nitrogen functional groups attached to an aromatic ring is 1. The summed E-state index contributed by atoms with van der Waals surface area (Å²) in [5.41, 5.74) is 7.57. The number of benzene rings is 1. The van der Waals surface area contributed by atoms with E-state index in [1.54, 1.807) is 35.5 Å². The molecule has 2 unspecified atom stereocenters. The lowest BCUT2D eigenvalue weighted by Crippen LogP contribution is -2.50. The first-order chi connectivity index (χ1) is 12.1. The lowest BCUT2D eigenvalue weighted by atomic mass is 9.99. The van der Waals surface area contributed by atoms with E-state index in [-0.39, 0.29) is 18.0 Å². The molecule has 1 saturated heterocycles. The van der Waals surface area contributed by atoms with Gasteiger partial charge in [-0.15, -0.1) is 0 Å². The Morgan fingerprint density at radius 3 is 2.88 bits per heavy atom. The molecule has 0 radical (unpaired) electrons. The van der Waals surface area contributed by atoms with Crippen LogP contribution in [0.25, 0.3) is 0 Å². The Hall–Kier alpha value is -2.11. The summed E-state index contributed by atoms with van der Waals surface area (Å²) in [5.74, 6) is -0.184. The lowest BCUT2D eigenvalue weighted by Gasteiger charge is -2.35. The van der Waals surface area contributed by atoms with E-state index in [4.69, 9.17) is 17.3 Å². The molecule has 0 saturated carbocycles. The Kier molecular flexibility index (Phi) is 5.56. The molecule has 0 spiro atoms. The highest BCUT2D eigenvalue weighted by atomic mass is 35.5. The van der Waals surface area contributed by atoms with Crippen LogP contribution >= 0.6 is 11.6 Å². The summed E-state index contributed by atoms with van der Waals surface area (Å²) in [6.45, 7) is 3.07. The van der Waals surface area contributed by atoms with Crippen molar-refractivity contribution >= 4 is 28.9 Å². The van der Waals surface area contributed by atoms with Crippen molar-refractivity contribution in [2.45, 2.75) is 38.3 Å². The molecule has 3 N–H and O–H groups in total. The third kappa shape index (κ3) is 3.62. The van der Waals surface area contributed by atoms with Crippen molar-refractivity contribution in [1.82, 2.24) is 10.3 Å². The molecule has 5 nitrogen and oxygen atoms in total. The van der Waals surface area contributed by atoms with Crippen molar-refractivity contribution in [3.63, 3.8) is 0 Å². The van der Waals surface area contributed by atoms with Crippen molar-refractivity contribution in [3.8, 4) is 0 Å². The summed E-state index contributed by atoms with van der Waals surface area (Å²) in [6, 6.07) is 9.14.